The third-order valence-electron chi connectivity index (χ3n) is 3.72. The summed E-state index contributed by atoms with van der Waals surface area (Å²) in [7, 11) is 0. The van der Waals surface area contributed by atoms with Crippen LogP contribution >= 0.6 is 15.9 Å². The van der Waals surface area contributed by atoms with Crippen LogP contribution in [0.5, 0.6) is 0 Å². The van der Waals surface area contributed by atoms with Gasteiger partial charge in [0.05, 0.1) is 0 Å². The van der Waals surface area contributed by atoms with Gasteiger partial charge in [0.1, 0.15) is 5.82 Å². The summed E-state index contributed by atoms with van der Waals surface area (Å²) in [5, 5.41) is 3.58. The van der Waals surface area contributed by atoms with Crippen LogP contribution in [-0.4, -0.2) is 12.6 Å². The number of hydrogen-bond acceptors (Lipinski definition) is 1. The smallest absolute Gasteiger partial charge is 0.126 e. The minimum absolute atomic E-state index is 0.0996. The summed E-state index contributed by atoms with van der Waals surface area (Å²) in [6, 6.07) is 5.56. The van der Waals surface area contributed by atoms with Crippen molar-refractivity contribution in [3.05, 3.63) is 34.1 Å². The van der Waals surface area contributed by atoms with Crippen LogP contribution < -0.4 is 5.32 Å². The molecule has 1 nitrogen and oxygen atoms in total. The number of nitrogens with one attached hydrogen (secondary N) is 1. The Labute approximate surface area is 125 Å². The minimum atomic E-state index is -0.0996. The molecule has 1 aromatic rings. The maximum absolute atomic E-state index is 13.9. The van der Waals surface area contributed by atoms with Crippen LogP contribution in [0, 0.1) is 11.7 Å². The normalized spacial score (nSPS) is 12.9. The molecule has 0 aliphatic rings. The van der Waals surface area contributed by atoms with E-state index in [0.717, 1.165) is 42.3 Å². The molecular formula is C16H25BrFN. The molecule has 0 aliphatic carbocycles. The fourth-order valence-electron chi connectivity index (χ4n) is 2.53. The first kappa shape index (κ1) is 16.6. The first-order valence-corrected chi connectivity index (χ1v) is 8.08. The summed E-state index contributed by atoms with van der Waals surface area (Å²) in [5.41, 5.74) is 0.801. The molecule has 1 rings (SSSR count). The van der Waals surface area contributed by atoms with Crippen molar-refractivity contribution in [1.29, 1.82) is 0 Å². The van der Waals surface area contributed by atoms with Crippen molar-refractivity contribution in [3.63, 3.8) is 0 Å². The first-order valence-electron chi connectivity index (χ1n) is 7.29. The van der Waals surface area contributed by atoms with Crippen LogP contribution in [0.3, 0.4) is 0 Å². The third-order valence-corrected chi connectivity index (χ3v) is 4.22. The van der Waals surface area contributed by atoms with E-state index in [0.29, 0.717) is 12.0 Å². The van der Waals surface area contributed by atoms with Crippen molar-refractivity contribution >= 4 is 15.9 Å². The average molecular weight is 330 g/mol. The molecule has 3 heteroatoms. The molecule has 0 aliphatic heterocycles. The van der Waals surface area contributed by atoms with Gasteiger partial charge < -0.3 is 5.32 Å². The summed E-state index contributed by atoms with van der Waals surface area (Å²) in [6.45, 7) is 7.59. The predicted octanol–water partition coefficient (Wildman–Crippen LogP) is 4.94. The standard InChI is InChI=1S/C16H25BrFN/c1-4-9-19-16(12(5-2)6-3)11-13-10-14(17)7-8-15(13)18/h7-8,10,12,16,19H,4-6,9,11H2,1-3H3. The van der Waals surface area contributed by atoms with Crippen molar-refractivity contribution in [2.45, 2.75) is 52.5 Å². The van der Waals surface area contributed by atoms with Gasteiger partial charge in [0.2, 0.25) is 0 Å². The summed E-state index contributed by atoms with van der Waals surface area (Å²) in [6.07, 6.45) is 4.14. The quantitative estimate of drug-likeness (QED) is 0.712. The van der Waals surface area contributed by atoms with Crippen LogP contribution in [0.25, 0.3) is 0 Å². The molecule has 1 N–H and O–H groups in total. The summed E-state index contributed by atoms with van der Waals surface area (Å²) in [5.74, 6) is 0.502. The zero-order valence-electron chi connectivity index (χ0n) is 12.2. The zero-order chi connectivity index (χ0) is 14.3. The highest BCUT2D eigenvalue weighted by molar-refractivity contribution is 9.10. The first-order chi connectivity index (χ1) is 9.12. The molecule has 0 saturated heterocycles. The Morgan fingerprint density at radius 2 is 1.89 bits per heavy atom. The molecule has 0 bridgehead atoms. The Balaban J connectivity index is 2.83. The van der Waals surface area contributed by atoms with Crippen LogP contribution in [0.4, 0.5) is 4.39 Å². The van der Waals surface area contributed by atoms with E-state index >= 15 is 0 Å². The summed E-state index contributed by atoms with van der Waals surface area (Å²) >= 11 is 3.42. The zero-order valence-corrected chi connectivity index (χ0v) is 13.8. The molecule has 0 heterocycles. The summed E-state index contributed by atoms with van der Waals surface area (Å²) in [4.78, 5) is 0. The fraction of sp³-hybridized carbons (Fsp3) is 0.625. The molecule has 0 saturated carbocycles. The van der Waals surface area contributed by atoms with Crippen LogP contribution in [0.1, 0.15) is 45.6 Å². The van der Waals surface area contributed by atoms with Gasteiger partial charge in [-0.15, -0.1) is 0 Å². The second-order valence-corrected chi connectivity index (χ2v) is 5.99. The van der Waals surface area contributed by atoms with Gasteiger partial charge in [-0.3, -0.25) is 0 Å². The van der Waals surface area contributed by atoms with Crippen LogP contribution in [0.15, 0.2) is 22.7 Å². The Morgan fingerprint density at radius 3 is 2.47 bits per heavy atom. The van der Waals surface area contributed by atoms with E-state index in [1.807, 2.05) is 6.07 Å². The highest BCUT2D eigenvalue weighted by atomic mass is 79.9. The molecule has 0 radical (unpaired) electrons. The lowest BCUT2D eigenvalue weighted by molar-refractivity contribution is 0.329. The highest BCUT2D eigenvalue weighted by Crippen LogP contribution is 2.21. The van der Waals surface area contributed by atoms with E-state index in [1.54, 1.807) is 12.1 Å². The Hall–Kier alpha value is -0.410. The van der Waals surface area contributed by atoms with Gasteiger partial charge >= 0.3 is 0 Å². The Kier molecular flexibility index (Phi) is 7.62. The molecule has 0 spiro atoms. The van der Waals surface area contributed by atoms with Gasteiger partial charge in [0.15, 0.2) is 0 Å². The largest absolute Gasteiger partial charge is 0.313 e. The Morgan fingerprint density at radius 1 is 1.21 bits per heavy atom. The lowest BCUT2D eigenvalue weighted by Crippen LogP contribution is -2.38. The molecule has 19 heavy (non-hydrogen) atoms. The van der Waals surface area contributed by atoms with Gasteiger partial charge in [-0.05, 0) is 49.1 Å². The lowest BCUT2D eigenvalue weighted by Gasteiger charge is -2.27. The van der Waals surface area contributed by atoms with Crippen molar-refractivity contribution in [2.24, 2.45) is 5.92 Å². The van der Waals surface area contributed by atoms with Crippen LogP contribution in [-0.2, 0) is 6.42 Å². The molecule has 0 aromatic heterocycles. The van der Waals surface area contributed by atoms with E-state index < -0.39 is 0 Å². The molecule has 1 aromatic carbocycles. The number of halogens is 2. The maximum atomic E-state index is 13.9. The molecule has 108 valence electrons. The molecular weight excluding hydrogens is 305 g/mol. The van der Waals surface area contributed by atoms with E-state index in [4.69, 9.17) is 0 Å². The SMILES string of the molecule is CCCNC(Cc1cc(Br)ccc1F)C(CC)CC. The van der Waals surface area contributed by atoms with E-state index in [1.165, 1.54) is 0 Å². The second kappa shape index (κ2) is 8.70. The highest BCUT2D eigenvalue weighted by Gasteiger charge is 2.19. The predicted molar refractivity (Wildman–Crippen MR) is 84.0 cm³/mol. The maximum Gasteiger partial charge on any atom is 0.126 e. The molecule has 1 atom stereocenters. The van der Waals surface area contributed by atoms with Gasteiger partial charge in [-0.1, -0.05) is 49.5 Å². The van der Waals surface area contributed by atoms with Crippen molar-refractivity contribution in [1.82, 2.24) is 5.32 Å². The summed E-state index contributed by atoms with van der Waals surface area (Å²) < 4.78 is 14.8. The number of hydrogen-bond donors (Lipinski definition) is 1. The molecule has 0 amide bonds. The van der Waals surface area contributed by atoms with Crippen molar-refractivity contribution in [2.75, 3.05) is 6.54 Å². The van der Waals surface area contributed by atoms with Crippen LogP contribution in [0.2, 0.25) is 0 Å². The van der Waals surface area contributed by atoms with Crippen molar-refractivity contribution < 1.29 is 4.39 Å². The average Bonchev–Trinajstić information content (AvgIpc) is 2.41. The third kappa shape index (κ3) is 5.23. The van der Waals surface area contributed by atoms with Gasteiger partial charge in [0, 0.05) is 10.5 Å². The second-order valence-electron chi connectivity index (χ2n) is 5.08. The molecule has 1 unspecified atom stereocenters. The molecule has 0 fully saturated rings. The van der Waals surface area contributed by atoms with E-state index in [2.05, 4.69) is 42.0 Å². The van der Waals surface area contributed by atoms with Crippen molar-refractivity contribution in [3.8, 4) is 0 Å². The van der Waals surface area contributed by atoms with E-state index in [-0.39, 0.29) is 5.82 Å². The fourth-order valence-corrected chi connectivity index (χ4v) is 2.94. The monoisotopic (exact) mass is 329 g/mol. The van der Waals surface area contributed by atoms with Gasteiger partial charge in [-0.2, -0.15) is 0 Å². The van der Waals surface area contributed by atoms with E-state index in [9.17, 15) is 4.39 Å². The van der Waals surface area contributed by atoms with Gasteiger partial charge in [-0.25, -0.2) is 4.39 Å². The minimum Gasteiger partial charge on any atom is -0.313 e. The topological polar surface area (TPSA) is 12.0 Å². The lowest BCUT2D eigenvalue weighted by atomic mass is 9.89. The number of benzene rings is 1. The number of rotatable bonds is 8. The Bertz CT molecular complexity index is 377. The van der Waals surface area contributed by atoms with Gasteiger partial charge in [0.25, 0.3) is 0 Å².